The smallest absolute Gasteiger partial charge is 0.259 e. The number of hydrogen-bond acceptors (Lipinski definition) is 3. The molecule has 0 aliphatic carbocycles. The summed E-state index contributed by atoms with van der Waals surface area (Å²) in [7, 11) is 0. The average molecular weight is 372 g/mol. The lowest BCUT2D eigenvalue weighted by molar-refractivity contribution is 0.0984. The molecule has 3 aromatic rings. The van der Waals surface area contributed by atoms with Gasteiger partial charge in [-0.1, -0.05) is 35.3 Å². The Labute approximate surface area is 156 Å². The summed E-state index contributed by atoms with van der Waals surface area (Å²) in [5.41, 5.74) is 2.64. The molecular weight excluding hydrogens is 357 g/mol. The van der Waals surface area contributed by atoms with E-state index in [1.165, 1.54) is 0 Å². The molecule has 0 saturated heterocycles. The van der Waals surface area contributed by atoms with Gasteiger partial charge in [0.25, 0.3) is 5.91 Å². The quantitative estimate of drug-likeness (QED) is 0.652. The maximum Gasteiger partial charge on any atom is 0.259 e. The van der Waals surface area contributed by atoms with Crippen LogP contribution in [0.4, 0.5) is 5.69 Å². The predicted octanol–water partition coefficient (Wildman–Crippen LogP) is 4.94. The third-order valence-corrected chi connectivity index (χ3v) is 4.57. The van der Waals surface area contributed by atoms with E-state index in [4.69, 9.17) is 23.2 Å². The zero-order valence-corrected chi connectivity index (χ0v) is 15.0. The number of halogens is 2. The number of carbonyl (C=O) groups is 1. The number of pyridine rings is 2. The maximum absolute atomic E-state index is 13.2. The number of aryl methyl sites for hydroxylation is 1. The molecule has 0 aliphatic rings. The first kappa shape index (κ1) is 17.4. The fraction of sp³-hybridized carbons (Fsp3) is 0.105. The first-order chi connectivity index (χ1) is 12.1. The summed E-state index contributed by atoms with van der Waals surface area (Å²) < 4.78 is 0. The number of nitrogens with zero attached hydrogens (tertiary/aromatic N) is 3. The Hall–Kier alpha value is -2.43. The fourth-order valence-electron chi connectivity index (χ4n) is 2.48. The van der Waals surface area contributed by atoms with Crippen LogP contribution in [0.2, 0.25) is 10.0 Å². The van der Waals surface area contributed by atoms with E-state index in [1.54, 1.807) is 47.8 Å². The third-order valence-electron chi connectivity index (χ3n) is 3.76. The predicted molar refractivity (Wildman–Crippen MR) is 100 cm³/mol. The van der Waals surface area contributed by atoms with Crippen LogP contribution in [0.5, 0.6) is 0 Å². The monoisotopic (exact) mass is 371 g/mol. The van der Waals surface area contributed by atoms with Crippen LogP contribution < -0.4 is 4.90 Å². The molecule has 0 atom stereocenters. The van der Waals surface area contributed by atoms with Gasteiger partial charge in [-0.25, -0.2) is 0 Å². The molecule has 0 spiro atoms. The lowest BCUT2D eigenvalue weighted by Crippen LogP contribution is -2.31. The minimum Gasteiger partial charge on any atom is -0.301 e. The molecule has 2 aromatic heterocycles. The molecule has 0 fully saturated rings. The molecule has 4 nitrogen and oxygen atoms in total. The number of aromatic nitrogens is 2. The molecule has 6 heteroatoms. The van der Waals surface area contributed by atoms with Crippen molar-refractivity contribution in [3.05, 3.63) is 87.9 Å². The van der Waals surface area contributed by atoms with Crippen molar-refractivity contribution < 1.29 is 4.79 Å². The van der Waals surface area contributed by atoms with Crippen LogP contribution in [0.15, 0.2) is 61.1 Å². The highest BCUT2D eigenvalue weighted by Gasteiger charge is 2.23. The molecule has 2 heterocycles. The highest BCUT2D eigenvalue weighted by Crippen LogP contribution is 2.34. The average Bonchev–Trinajstić information content (AvgIpc) is 2.63. The van der Waals surface area contributed by atoms with Crippen LogP contribution in [0, 0.1) is 6.92 Å². The number of hydrogen-bond donors (Lipinski definition) is 0. The van der Waals surface area contributed by atoms with Crippen molar-refractivity contribution in [1.82, 2.24) is 9.97 Å². The second kappa shape index (κ2) is 7.64. The molecule has 0 saturated carbocycles. The van der Waals surface area contributed by atoms with Gasteiger partial charge in [0, 0.05) is 24.2 Å². The molecule has 0 unspecified atom stereocenters. The molecule has 3 rings (SSSR count). The summed E-state index contributed by atoms with van der Waals surface area (Å²) in [5, 5.41) is 0.726. The molecule has 0 aliphatic heterocycles. The normalized spacial score (nSPS) is 10.5. The van der Waals surface area contributed by atoms with Gasteiger partial charge in [-0.3, -0.25) is 14.8 Å². The Morgan fingerprint density at radius 3 is 2.64 bits per heavy atom. The molecule has 0 radical (unpaired) electrons. The summed E-state index contributed by atoms with van der Waals surface area (Å²) in [6.45, 7) is 2.13. The van der Waals surface area contributed by atoms with Crippen molar-refractivity contribution in [2.75, 3.05) is 4.90 Å². The van der Waals surface area contributed by atoms with Crippen LogP contribution in [0.3, 0.4) is 0 Å². The van der Waals surface area contributed by atoms with E-state index in [0.717, 1.165) is 11.3 Å². The molecule has 0 bridgehead atoms. The summed E-state index contributed by atoms with van der Waals surface area (Å²) in [6, 6.07) is 12.5. The second-order valence-corrected chi connectivity index (χ2v) is 6.26. The first-order valence-corrected chi connectivity index (χ1v) is 8.40. The van der Waals surface area contributed by atoms with E-state index in [9.17, 15) is 4.79 Å². The number of carbonyl (C=O) groups excluding carboxylic acids is 1. The molecule has 126 valence electrons. The Morgan fingerprint density at radius 2 is 1.92 bits per heavy atom. The van der Waals surface area contributed by atoms with E-state index in [0.29, 0.717) is 21.3 Å². The lowest BCUT2D eigenvalue weighted by Gasteiger charge is -2.24. The largest absolute Gasteiger partial charge is 0.301 e. The second-order valence-electron chi connectivity index (χ2n) is 5.48. The van der Waals surface area contributed by atoms with Crippen LogP contribution in [0.25, 0.3) is 0 Å². The minimum absolute atomic E-state index is 0.185. The van der Waals surface area contributed by atoms with Crippen molar-refractivity contribution in [2.24, 2.45) is 0 Å². The molecular formula is C19H15Cl2N3O. The van der Waals surface area contributed by atoms with E-state index in [1.807, 2.05) is 25.1 Å². The van der Waals surface area contributed by atoms with Gasteiger partial charge in [0.1, 0.15) is 0 Å². The van der Waals surface area contributed by atoms with Crippen molar-refractivity contribution in [1.29, 1.82) is 0 Å². The van der Waals surface area contributed by atoms with Crippen molar-refractivity contribution in [2.45, 2.75) is 13.5 Å². The zero-order valence-electron chi connectivity index (χ0n) is 13.5. The number of amides is 1. The summed E-state index contributed by atoms with van der Waals surface area (Å²) in [4.78, 5) is 23.1. The first-order valence-electron chi connectivity index (χ1n) is 7.64. The van der Waals surface area contributed by atoms with Gasteiger partial charge in [-0.15, -0.1) is 0 Å². The molecule has 25 heavy (non-hydrogen) atoms. The van der Waals surface area contributed by atoms with Crippen molar-refractivity contribution >= 4 is 34.8 Å². The van der Waals surface area contributed by atoms with Gasteiger partial charge in [0.05, 0.1) is 28.0 Å². The van der Waals surface area contributed by atoms with Crippen molar-refractivity contribution in [3.8, 4) is 0 Å². The van der Waals surface area contributed by atoms with Gasteiger partial charge in [0.2, 0.25) is 0 Å². The third kappa shape index (κ3) is 3.81. The lowest BCUT2D eigenvalue weighted by atomic mass is 10.1. The summed E-state index contributed by atoms with van der Waals surface area (Å²) in [5.74, 6) is -0.185. The Kier molecular flexibility index (Phi) is 5.31. The van der Waals surface area contributed by atoms with Crippen LogP contribution in [0.1, 0.15) is 21.6 Å². The zero-order chi connectivity index (χ0) is 17.8. The Bertz CT molecular complexity index is 900. The molecule has 1 amide bonds. The highest BCUT2D eigenvalue weighted by atomic mass is 35.5. The number of anilines is 1. The van der Waals surface area contributed by atoms with Crippen molar-refractivity contribution in [3.63, 3.8) is 0 Å². The van der Waals surface area contributed by atoms with E-state index < -0.39 is 0 Å². The van der Waals surface area contributed by atoms with Crippen LogP contribution in [-0.2, 0) is 6.54 Å². The maximum atomic E-state index is 13.2. The summed E-state index contributed by atoms with van der Waals surface area (Å²) >= 11 is 12.5. The molecule has 1 aromatic carbocycles. The van der Waals surface area contributed by atoms with Crippen LogP contribution >= 0.6 is 23.2 Å². The van der Waals surface area contributed by atoms with Gasteiger partial charge < -0.3 is 4.90 Å². The number of rotatable bonds is 4. The molecule has 0 N–H and O–H groups in total. The van der Waals surface area contributed by atoms with E-state index >= 15 is 0 Å². The fourth-order valence-corrected chi connectivity index (χ4v) is 2.88. The van der Waals surface area contributed by atoms with Crippen LogP contribution in [-0.4, -0.2) is 15.9 Å². The van der Waals surface area contributed by atoms with Gasteiger partial charge in [-0.2, -0.15) is 0 Å². The summed E-state index contributed by atoms with van der Waals surface area (Å²) in [6.07, 6.45) is 4.94. The highest BCUT2D eigenvalue weighted by molar-refractivity contribution is 6.44. The SMILES string of the molecule is Cc1cnccc1C(=O)N(Cc1ccccn1)c1cccc(Cl)c1Cl. The number of benzene rings is 1. The Morgan fingerprint density at radius 1 is 1.08 bits per heavy atom. The van der Waals surface area contributed by atoms with E-state index in [2.05, 4.69) is 9.97 Å². The standard InChI is InChI=1S/C19H15Cl2N3O/c1-13-11-22-10-8-15(13)19(25)24(12-14-5-2-3-9-23-14)17-7-4-6-16(20)18(17)21/h2-11H,12H2,1H3. The van der Waals surface area contributed by atoms with Gasteiger partial charge >= 0.3 is 0 Å². The Balaban J connectivity index is 2.07. The van der Waals surface area contributed by atoms with E-state index in [-0.39, 0.29) is 12.5 Å². The topological polar surface area (TPSA) is 46.1 Å². The minimum atomic E-state index is -0.185. The van der Waals surface area contributed by atoms with Gasteiger partial charge in [0.15, 0.2) is 0 Å². The van der Waals surface area contributed by atoms with Gasteiger partial charge in [-0.05, 0) is 42.8 Å².